The van der Waals surface area contributed by atoms with Gasteiger partial charge in [0, 0.05) is 31.6 Å². The Balaban J connectivity index is 1.47. The van der Waals surface area contributed by atoms with Crippen LogP contribution in [0.5, 0.6) is 5.75 Å². The van der Waals surface area contributed by atoms with Gasteiger partial charge in [0.2, 0.25) is 5.91 Å². The molecule has 0 unspecified atom stereocenters. The number of hydrogen-bond donors (Lipinski definition) is 0. The lowest BCUT2D eigenvalue weighted by Crippen LogP contribution is -2.36. The van der Waals surface area contributed by atoms with Crippen LogP contribution in [-0.2, 0) is 24.3 Å². The van der Waals surface area contributed by atoms with Gasteiger partial charge in [-0.05, 0) is 37.5 Å². The molecule has 0 atom stereocenters. The minimum Gasteiger partial charge on any atom is -0.493 e. The number of hydrogen-bond acceptors (Lipinski definition) is 4. The summed E-state index contributed by atoms with van der Waals surface area (Å²) in [4.78, 5) is 26.5. The Morgan fingerprint density at radius 2 is 2.19 bits per heavy atom. The van der Waals surface area contributed by atoms with Gasteiger partial charge in [-0.15, -0.1) is 0 Å². The lowest BCUT2D eigenvalue weighted by atomic mass is 10.2. The number of rotatable bonds is 7. The molecule has 1 aromatic carbocycles. The first-order valence-electron chi connectivity index (χ1n) is 9.33. The molecule has 1 aromatic heterocycles. The molecule has 0 saturated carbocycles. The van der Waals surface area contributed by atoms with Crippen molar-refractivity contribution < 1.29 is 9.53 Å². The van der Waals surface area contributed by atoms with E-state index in [1.165, 1.54) is 4.68 Å². The average Bonchev–Trinajstić information content (AvgIpc) is 2.82. The van der Waals surface area contributed by atoms with Crippen LogP contribution in [0, 0.1) is 0 Å². The summed E-state index contributed by atoms with van der Waals surface area (Å²) in [5.74, 6) is 1.37. The topological polar surface area (TPSA) is 69.4 Å². The Morgan fingerprint density at radius 3 is 3.00 bits per heavy atom. The summed E-state index contributed by atoms with van der Waals surface area (Å²) >= 11 is 5.92. The molecule has 8 heteroatoms. The zero-order valence-corrected chi connectivity index (χ0v) is 16.3. The number of fused-ring (bicyclic) bond motifs is 1. The van der Waals surface area contributed by atoms with Gasteiger partial charge >= 0.3 is 5.69 Å². The fourth-order valence-electron chi connectivity index (χ4n) is 3.15. The molecule has 1 amide bonds. The fraction of sp³-hybridized carbons (Fsp3) is 0.526. The molecule has 0 N–H and O–H groups in total. The zero-order chi connectivity index (χ0) is 19.2. The van der Waals surface area contributed by atoms with Crippen molar-refractivity contribution in [2.75, 3.05) is 20.2 Å². The number of ether oxygens (including phenoxy) is 1. The van der Waals surface area contributed by atoms with Crippen LogP contribution in [0.3, 0.4) is 0 Å². The highest BCUT2D eigenvalue weighted by Crippen LogP contribution is 2.17. The van der Waals surface area contributed by atoms with Crippen molar-refractivity contribution in [1.82, 2.24) is 19.2 Å². The minimum atomic E-state index is -0.182. The van der Waals surface area contributed by atoms with Gasteiger partial charge in [-0.25, -0.2) is 9.48 Å². The van der Waals surface area contributed by atoms with Crippen molar-refractivity contribution >= 4 is 17.5 Å². The van der Waals surface area contributed by atoms with Crippen LogP contribution < -0.4 is 10.4 Å². The maximum atomic E-state index is 12.4. The molecule has 146 valence electrons. The number of amides is 1. The molecule has 2 aromatic rings. The van der Waals surface area contributed by atoms with Gasteiger partial charge in [0.05, 0.1) is 6.61 Å². The molecule has 0 spiro atoms. The number of carbonyl (C=O) groups is 1. The van der Waals surface area contributed by atoms with Crippen LogP contribution in [0.25, 0.3) is 0 Å². The van der Waals surface area contributed by atoms with E-state index >= 15 is 0 Å². The third-order valence-electron chi connectivity index (χ3n) is 4.69. The molecule has 1 aliphatic rings. The molecule has 0 radical (unpaired) electrons. The van der Waals surface area contributed by atoms with E-state index in [1.54, 1.807) is 28.6 Å². The molecule has 27 heavy (non-hydrogen) atoms. The van der Waals surface area contributed by atoms with Crippen molar-refractivity contribution in [3.8, 4) is 5.75 Å². The standard InChI is InChI=1S/C19H25ClN4O3/c1-22(10-6-12-27-16-8-5-7-15(20)13-16)18(25)14-24-19(26)23-11-4-2-3-9-17(23)21-24/h5,7-8,13H,2-4,6,9-12,14H2,1H3. The van der Waals surface area contributed by atoms with Crippen LogP contribution >= 0.6 is 11.6 Å². The number of halogens is 1. The molecule has 2 heterocycles. The van der Waals surface area contributed by atoms with E-state index in [9.17, 15) is 9.59 Å². The second kappa shape index (κ2) is 9.08. The Labute approximate surface area is 163 Å². The summed E-state index contributed by atoms with van der Waals surface area (Å²) in [5.41, 5.74) is -0.182. The summed E-state index contributed by atoms with van der Waals surface area (Å²) in [6.07, 6.45) is 4.62. The van der Waals surface area contributed by atoms with Gasteiger partial charge in [0.1, 0.15) is 18.1 Å². The van der Waals surface area contributed by atoms with Crippen LogP contribution in [-0.4, -0.2) is 45.4 Å². The quantitative estimate of drug-likeness (QED) is 0.678. The van der Waals surface area contributed by atoms with Crippen molar-refractivity contribution in [3.63, 3.8) is 0 Å². The Hall–Kier alpha value is -2.28. The smallest absolute Gasteiger partial charge is 0.346 e. The molecular formula is C19H25ClN4O3. The molecule has 0 saturated heterocycles. The summed E-state index contributed by atoms with van der Waals surface area (Å²) in [6, 6.07) is 7.22. The van der Waals surface area contributed by atoms with Crippen molar-refractivity contribution in [3.05, 3.63) is 45.6 Å². The lowest BCUT2D eigenvalue weighted by Gasteiger charge is -2.17. The molecule has 0 fully saturated rings. The van der Waals surface area contributed by atoms with Crippen molar-refractivity contribution in [2.45, 2.75) is 45.2 Å². The third kappa shape index (κ3) is 5.13. The normalized spacial score (nSPS) is 13.7. The monoisotopic (exact) mass is 392 g/mol. The average molecular weight is 393 g/mol. The second-order valence-corrected chi connectivity index (χ2v) is 7.23. The summed E-state index contributed by atoms with van der Waals surface area (Å²) in [7, 11) is 1.73. The number of aromatic nitrogens is 3. The molecule has 3 rings (SSSR count). The van der Waals surface area contributed by atoms with E-state index in [4.69, 9.17) is 16.3 Å². The first kappa shape index (κ1) is 19.5. The van der Waals surface area contributed by atoms with E-state index < -0.39 is 0 Å². The first-order valence-corrected chi connectivity index (χ1v) is 9.71. The van der Waals surface area contributed by atoms with E-state index in [0.717, 1.165) is 31.5 Å². The third-order valence-corrected chi connectivity index (χ3v) is 4.93. The number of benzene rings is 1. The maximum absolute atomic E-state index is 12.4. The van der Waals surface area contributed by atoms with Gasteiger partial charge in [0.25, 0.3) is 0 Å². The van der Waals surface area contributed by atoms with Gasteiger partial charge in [-0.3, -0.25) is 9.36 Å². The second-order valence-electron chi connectivity index (χ2n) is 6.79. The summed E-state index contributed by atoms with van der Waals surface area (Å²) in [5, 5.41) is 4.99. The zero-order valence-electron chi connectivity index (χ0n) is 15.6. The number of aryl methyl sites for hydroxylation is 1. The van der Waals surface area contributed by atoms with Crippen LogP contribution in [0.15, 0.2) is 29.1 Å². The summed E-state index contributed by atoms with van der Waals surface area (Å²) < 4.78 is 8.63. The summed E-state index contributed by atoms with van der Waals surface area (Å²) in [6.45, 7) is 1.70. The van der Waals surface area contributed by atoms with Crippen LogP contribution in [0.4, 0.5) is 0 Å². The minimum absolute atomic E-state index is 0.0233. The van der Waals surface area contributed by atoms with E-state index in [0.29, 0.717) is 36.9 Å². The van der Waals surface area contributed by atoms with E-state index in [1.807, 2.05) is 12.1 Å². The van der Waals surface area contributed by atoms with Gasteiger partial charge < -0.3 is 9.64 Å². The molecule has 1 aliphatic heterocycles. The SMILES string of the molecule is CN(CCCOc1cccc(Cl)c1)C(=O)Cn1nc2n(c1=O)CCCCC2. The number of carbonyl (C=O) groups excluding carboxylic acids is 1. The first-order chi connectivity index (χ1) is 13.0. The fourth-order valence-corrected chi connectivity index (χ4v) is 3.33. The largest absolute Gasteiger partial charge is 0.493 e. The van der Waals surface area contributed by atoms with E-state index in [-0.39, 0.29) is 18.1 Å². The highest BCUT2D eigenvalue weighted by molar-refractivity contribution is 6.30. The number of likely N-dealkylation sites (N-methyl/N-ethyl adjacent to an activating group) is 1. The van der Waals surface area contributed by atoms with Crippen molar-refractivity contribution in [2.24, 2.45) is 0 Å². The van der Waals surface area contributed by atoms with Crippen molar-refractivity contribution in [1.29, 1.82) is 0 Å². The van der Waals surface area contributed by atoms with Gasteiger partial charge in [-0.1, -0.05) is 24.1 Å². The van der Waals surface area contributed by atoms with E-state index in [2.05, 4.69) is 5.10 Å². The van der Waals surface area contributed by atoms with Gasteiger partial charge in [0.15, 0.2) is 0 Å². The maximum Gasteiger partial charge on any atom is 0.346 e. The molecule has 0 aliphatic carbocycles. The molecule has 0 bridgehead atoms. The van der Waals surface area contributed by atoms with Gasteiger partial charge in [-0.2, -0.15) is 5.10 Å². The Bertz CT molecular complexity index is 846. The predicted molar refractivity (Wildman–Crippen MR) is 103 cm³/mol. The molecule has 7 nitrogen and oxygen atoms in total. The van der Waals surface area contributed by atoms with Crippen LogP contribution in [0.2, 0.25) is 5.02 Å². The van der Waals surface area contributed by atoms with Crippen LogP contribution in [0.1, 0.15) is 31.5 Å². The Morgan fingerprint density at radius 1 is 1.33 bits per heavy atom. The Kier molecular flexibility index (Phi) is 6.55. The lowest BCUT2D eigenvalue weighted by molar-refractivity contribution is -0.130. The molecular weight excluding hydrogens is 368 g/mol. The highest BCUT2D eigenvalue weighted by atomic mass is 35.5. The number of nitrogens with zero attached hydrogens (tertiary/aromatic N) is 4. The highest BCUT2D eigenvalue weighted by Gasteiger charge is 2.18. The predicted octanol–water partition coefficient (Wildman–Crippen LogP) is 2.35.